The summed E-state index contributed by atoms with van der Waals surface area (Å²) in [6.45, 7) is 1.65. The van der Waals surface area contributed by atoms with Gasteiger partial charge in [-0.15, -0.1) is 0 Å². The largest absolute Gasteiger partial charge is 0.416 e. The maximum absolute atomic E-state index is 12.6. The van der Waals surface area contributed by atoms with Gasteiger partial charge in [0.25, 0.3) is 5.91 Å². The first kappa shape index (κ1) is 14.1. The van der Waals surface area contributed by atoms with Gasteiger partial charge in [-0.05, 0) is 25.1 Å². The third-order valence-electron chi connectivity index (χ3n) is 2.71. The molecule has 1 heterocycles. The Balaban J connectivity index is 2.22. The second-order valence-corrected chi connectivity index (χ2v) is 4.33. The van der Waals surface area contributed by atoms with Crippen molar-refractivity contribution < 1.29 is 18.0 Å². The van der Waals surface area contributed by atoms with Crippen LogP contribution in [0.3, 0.4) is 0 Å². The molecule has 0 unspecified atom stereocenters. The Hall–Kier alpha value is -2.31. The molecule has 0 fully saturated rings. The molecule has 4 nitrogen and oxygen atoms in total. The minimum Gasteiger partial charge on any atom is -0.322 e. The van der Waals surface area contributed by atoms with Crippen LogP contribution in [0.25, 0.3) is 0 Å². The molecule has 2 rings (SSSR count). The first-order valence-electron chi connectivity index (χ1n) is 5.76. The summed E-state index contributed by atoms with van der Waals surface area (Å²) in [5, 5.41) is 6.44. The second kappa shape index (κ2) is 4.99. The number of halogens is 3. The highest BCUT2D eigenvalue weighted by Crippen LogP contribution is 2.30. The first-order valence-corrected chi connectivity index (χ1v) is 5.76. The molecule has 0 aliphatic rings. The lowest BCUT2D eigenvalue weighted by molar-refractivity contribution is -0.137. The van der Waals surface area contributed by atoms with Crippen LogP contribution in [-0.4, -0.2) is 15.7 Å². The number of aryl methyl sites for hydroxylation is 2. The molecule has 0 radical (unpaired) electrons. The molecule has 2 aromatic rings. The summed E-state index contributed by atoms with van der Waals surface area (Å²) in [6.07, 6.45) is -2.93. The van der Waals surface area contributed by atoms with E-state index in [0.717, 1.165) is 12.1 Å². The van der Waals surface area contributed by atoms with Gasteiger partial charge in [0.05, 0.1) is 16.8 Å². The Bertz CT molecular complexity index is 647. The highest BCUT2D eigenvalue weighted by atomic mass is 19.4. The summed E-state index contributed by atoms with van der Waals surface area (Å²) in [4.78, 5) is 12.0. The third kappa shape index (κ3) is 2.98. The van der Waals surface area contributed by atoms with Gasteiger partial charge >= 0.3 is 6.18 Å². The predicted octanol–water partition coefficient (Wildman–Crippen LogP) is 3.00. The fourth-order valence-corrected chi connectivity index (χ4v) is 1.79. The number of rotatable bonds is 2. The van der Waals surface area contributed by atoms with Crippen molar-refractivity contribution in [3.05, 3.63) is 47.3 Å². The average molecular weight is 283 g/mol. The third-order valence-corrected chi connectivity index (χ3v) is 2.71. The van der Waals surface area contributed by atoms with Gasteiger partial charge in [-0.3, -0.25) is 9.48 Å². The van der Waals surface area contributed by atoms with Crippen molar-refractivity contribution in [2.75, 3.05) is 5.32 Å². The molecule has 0 aliphatic heterocycles. The van der Waals surface area contributed by atoms with Crippen molar-refractivity contribution in [3.8, 4) is 0 Å². The predicted molar refractivity (Wildman–Crippen MR) is 67.3 cm³/mol. The van der Waals surface area contributed by atoms with Gasteiger partial charge in [-0.2, -0.15) is 18.3 Å². The number of alkyl halides is 3. The molecule has 0 aliphatic carbocycles. The smallest absolute Gasteiger partial charge is 0.322 e. The molecule has 20 heavy (non-hydrogen) atoms. The summed E-state index contributed by atoms with van der Waals surface area (Å²) in [5.41, 5.74) is 0.119. The maximum Gasteiger partial charge on any atom is 0.416 e. The van der Waals surface area contributed by atoms with Gasteiger partial charge in [0.1, 0.15) is 0 Å². The van der Waals surface area contributed by atoms with Crippen molar-refractivity contribution in [1.29, 1.82) is 0 Å². The summed E-state index contributed by atoms with van der Waals surface area (Å²) in [5.74, 6) is -0.491. The van der Waals surface area contributed by atoms with Crippen LogP contribution in [0.5, 0.6) is 0 Å². The van der Waals surface area contributed by atoms with E-state index in [1.165, 1.54) is 23.0 Å². The molecule has 1 amide bonds. The minimum absolute atomic E-state index is 0.0908. The van der Waals surface area contributed by atoms with Crippen LogP contribution in [0, 0.1) is 6.92 Å². The van der Waals surface area contributed by atoms with E-state index in [-0.39, 0.29) is 5.69 Å². The van der Waals surface area contributed by atoms with Crippen LogP contribution in [0.15, 0.2) is 30.5 Å². The molecule has 0 spiro atoms. The van der Waals surface area contributed by atoms with E-state index in [0.29, 0.717) is 11.3 Å². The monoisotopic (exact) mass is 283 g/mol. The topological polar surface area (TPSA) is 46.9 Å². The van der Waals surface area contributed by atoms with Crippen molar-refractivity contribution >= 4 is 11.6 Å². The number of nitrogens with zero attached hydrogens (tertiary/aromatic N) is 2. The van der Waals surface area contributed by atoms with Gasteiger partial charge in [0.2, 0.25) is 0 Å². The fraction of sp³-hybridized carbons (Fsp3) is 0.231. The Kier molecular flexibility index (Phi) is 3.52. The number of carbonyl (C=O) groups is 1. The Morgan fingerprint density at radius 1 is 1.35 bits per heavy atom. The van der Waals surface area contributed by atoms with Gasteiger partial charge in [-0.1, -0.05) is 6.07 Å². The van der Waals surface area contributed by atoms with Crippen LogP contribution >= 0.6 is 0 Å². The lowest BCUT2D eigenvalue weighted by Gasteiger charge is -2.09. The van der Waals surface area contributed by atoms with Crippen LogP contribution in [-0.2, 0) is 13.2 Å². The highest BCUT2D eigenvalue weighted by molar-refractivity contribution is 6.04. The molecule has 1 aromatic carbocycles. The van der Waals surface area contributed by atoms with Crippen LogP contribution in [0.1, 0.15) is 21.6 Å². The molecular formula is C13H12F3N3O. The fourth-order valence-electron chi connectivity index (χ4n) is 1.79. The maximum atomic E-state index is 12.6. The van der Waals surface area contributed by atoms with E-state index in [9.17, 15) is 18.0 Å². The second-order valence-electron chi connectivity index (χ2n) is 4.33. The number of hydrogen-bond donors (Lipinski definition) is 1. The van der Waals surface area contributed by atoms with Crippen molar-refractivity contribution in [1.82, 2.24) is 9.78 Å². The molecule has 0 saturated carbocycles. The summed E-state index contributed by atoms with van der Waals surface area (Å²) in [7, 11) is 1.66. The molecule has 7 heteroatoms. The number of carbonyl (C=O) groups excluding carboxylic acids is 1. The van der Waals surface area contributed by atoms with Gasteiger partial charge < -0.3 is 5.32 Å². The van der Waals surface area contributed by atoms with Gasteiger partial charge in [0.15, 0.2) is 0 Å². The Morgan fingerprint density at radius 2 is 2.05 bits per heavy atom. The molecule has 0 atom stereocenters. The zero-order valence-corrected chi connectivity index (χ0v) is 10.8. The van der Waals surface area contributed by atoms with E-state index in [1.807, 2.05) is 0 Å². The average Bonchev–Trinajstić information content (AvgIpc) is 2.68. The summed E-state index contributed by atoms with van der Waals surface area (Å²) < 4.78 is 39.2. The van der Waals surface area contributed by atoms with Crippen molar-refractivity contribution in [3.63, 3.8) is 0 Å². The lowest BCUT2D eigenvalue weighted by atomic mass is 10.2. The van der Waals surface area contributed by atoms with Crippen LogP contribution in [0.2, 0.25) is 0 Å². The molecular weight excluding hydrogens is 271 g/mol. The van der Waals surface area contributed by atoms with Gasteiger partial charge in [0, 0.05) is 18.9 Å². The molecule has 0 bridgehead atoms. The number of nitrogens with one attached hydrogen (secondary N) is 1. The number of hydrogen-bond acceptors (Lipinski definition) is 2. The Morgan fingerprint density at radius 3 is 2.60 bits per heavy atom. The van der Waals surface area contributed by atoms with Crippen molar-refractivity contribution in [2.24, 2.45) is 7.05 Å². The number of aromatic nitrogens is 2. The Labute approximate surface area is 113 Å². The number of amides is 1. The van der Waals surface area contributed by atoms with Crippen molar-refractivity contribution in [2.45, 2.75) is 13.1 Å². The molecule has 0 saturated heterocycles. The lowest BCUT2D eigenvalue weighted by Crippen LogP contribution is -2.13. The first-order chi connectivity index (χ1) is 9.27. The van der Waals surface area contributed by atoms with Crippen LogP contribution < -0.4 is 5.32 Å². The SMILES string of the molecule is Cc1nn(C)cc1C(=O)Nc1cccc(C(F)(F)F)c1. The quantitative estimate of drug-likeness (QED) is 0.921. The zero-order valence-electron chi connectivity index (χ0n) is 10.8. The van der Waals surface area contributed by atoms with E-state index in [1.54, 1.807) is 14.0 Å². The van der Waals surface area contributed by atoms with E-state index in [2.05, 4.69) is 10.4 Å². The number of benzene rings is 1. The summed E-state index contributed by atoms with van der Waals surface area (Å²) in [6, 6.07) is 4.49. The highest BCUT2D eigenvalue weighted by Gasteiger charge is 2.30. The standard InChI is InChI=1S/C13H12F3N3O/c1-8-11(7-19(2)18-8)12(20)17-10-5-3-4-9(6-10)13(14,15)16/h3-7H,1-2H3,(H,17,20). The van der Waals surface area contributed by atoms with Gasteiger partial charge in [-0.25, -0.2) is 0 Å². The number of anilines is 1. The van der Waals surface area contributed by atoms with E-state index in [4.69, 9.17) is 0 Å². The molecule has 1 N–H and O–H groups in total. The van der Waals surface area contributed by atoms with E-state index < -0.39 is 17.6 Å². The normalized spacial score (nSPS) is 11.4. The molecule has 1 aromatic heterocycles. The van der Waals surface area contributed by atoms with Crippen LogP contribution in [0.4, 0.5) is 18.9 Å². The summed E-state index contributed by atoms with van der Waals surface area (Å²) >= 11 is 0. The van der Waals surface area contributed by atoms with E-state index >= 15 is 0 Å². The zero-order chi connectivity index (χ0) is 14.9. The molecule has 106 valence electrons. The minimum atomic E-state index is -4.44.